The lowest BCUT2D eigenvalue weighted by Crippen LogP contribution is -2.34. The number of amides is 2. The molecular weight excluding hydrogens is 448 g/mol. The lowest BCUT2D eigenvalue weighted by atomic mass is 9.89. The van der Waals surface area contributed by atoms with Gasteiger partial charge in [0.25, 0.3) is 0 Å². The standard InChI is InChI=1S/C23H17F2N5O2S/c1-2-20-29-19(11-33-20)30-22(32)28-18(10-31)17-4-3-13(9-27-17)21-15(23(12-26)5-6-23)7-14(24)8-16(21)25/h1,3-4,7-9,11,18,31H,5-6,10H2,(H2,28,30,32)/t18-/m0/s1. The molecule has 33 heavy (non-hydrogen) atoms. The van der Waals surface area contributed by atoms with Crippen LogP contribution in [0.5, 0.6) is 0 Å². The molecule has 1 aliphatic rings. The Morgan fingerprint density at radius 1 is 1.36 bits per heavy atom. The van der Waals surface area contributed by atoms with Crippen molar-refractivity contribution in [1.29, 1.82) is 5.26 Å². The summed E-state index contributed by atoms with van der Waals surface area (Å²) in [5.74, 6) is 1.11. The quantitative estimate of drug-likeness (QED) is 0.479. The van der Waals surface area contributed by atoms with Crippen LogP contribution in [0.3, 0.4) is 0 Å². The summed E-state index contributed by atoms with van der Waals surface area (Å²) < 4.78 is 28.6. The Morgan fingerprint density at radius 2 is 2.15 bits per heavy atom. The number of rotatable bonds is 6. The number of benzene rings is 1. The van der Waals surface area contributed by atoms with Gasteiger partial charge in [0, 0.05) is 28.8 Å². The fourth-order valence-corrected chi connectivity index (χ4v) is 4.05. The summed E-state index contributed by atoms with van der Waals surface area (Å²) in [5, 5.41) is 26.3. The Morgan fingerprint density at radius 3 is 2.73 bits per heavy atom. The van der Waals surface area contributed by atoms with Crippen LogP contribution in [0, 0.1) is 35.3 Å². The Balaban J connectivity index is 1.55. The van der Waals surface area contributed by atoms with Gasteiger partial charge in [-0.25, -0.2) is 18.6 Å². The summed E-state index contributed by atoms with van der Waals surface area (Å²) in [6.07, 6.45) is 7.68. The minimum absolute atomic E-state index is 0.119. The monoisotopic (exact) mass is 465 g/mol. The first-order valence-electron chi connectivity index (χ1n) is 9.86. The van der Waals surface area contributed by atoms with E-state index in [1.807, 2.05) is 0 Å². The highest BCUT2D eigenvalue weighted by Gasteiger charge is 2.47. The zero-order valence-electron chi connectivity index (χ0n) is 17.1. The number of urea groups is 1. The molecule has 0 spiro atoms. The van der Waals surface area contributed by atoms with E-state index in [1.54, 1.807) is 11.4 Å². The minimum atomic E-state index is -0.904. The third-order valence-electron chi connectivity index (χ3n) is 5.32. The number of nitriles is 1. The molecule has 10 heteroatoms. The zero-order valence-corrected chi connectivity index (χ0v) is 17.9. The van der Waals surface area contributed by atoms with Gasteiger partial charge in [0.15, 0.2) is 5.01 Å². The predicted molar refractivity (Wildman–Crippen MR) is 118 cm³/mol. The fourth-order valence-electron chi connectivity index (χ4n) is 3.49. The van der Waals surface area contributed by atoms with Crippen LogP contribution in [0.4, 0.5) is 19.4 Å². The molecule has 166 valence electrons. The smallest absolute Gasteiger partial charge is 0.321 e. The van der Waals surface area contributed by atoms with Crippen molar-refractivity contribution in [3.63, 3.8) is 0 Å². The highest BCUT2D eigenvalue weighted by Crippen LogP contribution is 2.51. The number of nitrogens with one attached hydrogen (secondary N) is 2. The van der Waals surface area contributed by atoms with Crippen molar-refractivity contribution in [2.45, 2.75) is 24.3 Å². The summed E-state index contributed by atoms with van der Waals surface area (Å²) in [6, 6.07) is 5.73. The molecule has 3 N–H and O–H groups in total. The molecule has 7 nitrogen and oxygen atoms in total. The number of anilines is 1. The van der Waals surface area contributed by atoms with Gasteiger partial charge < -0.3 is 10.4 Å². The van der Waals surface area contributed by atoms with E-state index in [-0.39, 0.29) is 11.4 Å². The maximum Gasteiger partial charge on any atom is 0.321 e. The molecule has 0 saturated heterocycles. The van der Waals surface area contributed by atoms with Gasteiger partial charge in [0.2, 0.25) is 0 Å². The van der Waals surface area contributed by atoms with Gasteiger partial charge in [-0.15, -0.1) is 17.8 Å². The fraction of sp³-hybridized carbons (Fsp3) is 0.217. The molecule has 0 unspecified atom stereocenters. The third kappa shape index (κ3) is 4.53. The lowest BCUT2D eigenvalue weighted by molar-refractivity contribution is 0.224. The molecule has 1 fully saturated rings. The number of aliphatic hydroxyl groups is 1. The van der Waals surface area contributed by atoms with Gasteiger partial charge in [-0.05, 0) is 36.5 Å². The largest absolute Gasteiger partial charge is 0.394 e. The number of pyridine rings is 1. The Kier molecular flexibility index (Phi) is 6.05. The number of carbonyl (C=O) groups is 1. The summed E-state index contributed by atoms with van der Waals surface area (Å²) in [7, 11) is 0. The summed E-state index contributed by atoms with van der Waals surface area (Å²) in [4.78, 5) is 20.5. The van der Waals surface area contributed by atoms with Crippen molar-refractivity contribution in [2.75, 3.05) is 11.9 Å². The summed E-state index contributed by atoms with van der Waals surface area (Å²) in [6.45, 7) is -0.444. The Bertz CT molecular complexity index is 1290. The number of terminal acetylenes is 1. The molecule has 2 amide bonds. The van der Waals surface area contributed by atoms with Crippen molar-refractivity contribution < 1.29 is 18.7 Å². The highest BCUT2D eigenvalue weighted by molar-refractivity contribution is 7.10. The van der Waals surface area contributed by atoms with E-state index >= 15 is 0 Å². The first-order chi connectivity index (χ1) is 15.9. The predicted octanol–water partition coefficient (Wildman–Crippen LogP) is 3.87. The maximum atomic E-state index is 14.7. The Labute approximate surface area is 192 Å². The number of thiazole rings is 1. The summed E-state index contributed by atoms with van der Waals surface area (Å²) >= 11 is 1.20. The van der Waals surface area contributed by atoms with Gasteiger partial charge in [-0.1, -0.05) is 6.07 Å². The maximum absolute atomic E-state index is 14.7. The number of hydrogen-bond acceptors (Lipinski definition) is 6. The molecule has 0 aliphatic heterocycles. The lowest BCUT2D eigenvalue weighted by Gasteiger charge is -2.18. The first kappa shape index (κ1) is 22.3. The van der Waals surface area contributed by atoms with Crippen LogP contribution in [0.2, 0.25) is 0 Å². The van der Waals surface area contributed by atoms with Crippen LogP contribution in [0.25, 0.3) is 11.1 Å². The van der Waals surface area contributed by atoms with Crippen LogP contribution in [-0.2, 0) is 5.41 Å². The van der Waals surface area contributed by atoms with Gasteiger partial charge in [0.1, 0.15) is 17.5 Å². The van der Waals surface area contributed by atoms with Crippen LogP contribution < -0.4 is 10.6 Å². The van der Waals surface area contributed by atoms with Crippen molar-refractivity contribution >= 4 is 23.2 Å². The Hall–Kier alpha value is -3.86. The number of nitrogens with zero attached hydrogens (tertiary/aromatic N) is 3. The van der Waals surface area contributed by atoms with Gasteiger partial charge in [-0.3, -0.25) is 10.3 Å². The molecular formula is C23H17F2N5O2S. The average Bonchev–Trinajstić information content (AvgIpc) is 3.49. The average molecular weight is 465 g/mol. The van der Waals surface area contributed by atoms with E-state index in [2.05, 4.69) is 32.6 Å². The molecule has 1 atom stereocenters. The second-order valence-electron chi connectivity index (χ2n) is 7.49. The highest BCUT2D eigenvalue weighted by atomic mass is 32.1. The molecule has 0 radical (unpaired) electrons. The van der Waals surface area contributed by atoms with E-state index < -0.39 is 35.7 Å². The van der Waals surface area contributed by atoms with Crippen LogP contribution >= 0.6 is 11.3 Å². The van der Waals surface area contributed by atoms with Crippen molar-refractivity contribution in [1.82, 2.24) is 15.3 Å². The number of halogens is 2. The van der Waals surface area contributed by atoms with Crippen molar-refractivity contribution in [3.05, 3.63) is 63.7 Å². The topological polar surface area (TPSA) is 111 Å². The van der Waals surface area contributed by atoms with E-state index in [4.69, 9.17) is 6.42 Å². The summed E-state index contributed by atoms with van der Waals surface area (Å²) in [5.41, 5.74) is 0.193. The number of aliphatic hydroxyl groups excluding tert-OH is 1. The van der Waals surface area contributed by atoms with Crippen LogP contribution in [0.15, 0.2) is 35.8 Å². The van der Waals surface area contributed by atoms with Crippen LogP contribution in [-0.4, -0.2) is 27.7 Å². The number of aromatic nitrogens is 2. The normalized spacial score (nSPS) is 14.6. The molecule has 2 aromatic heterocycles. The first-order valence-corrected chi connectivity index (χ1v) is 10.7. The molecule has 1 aromatic carbocycles. The van der Waals surface area contributed by atoms with Gasteiger partial charge in [-0.2, -0.15) is 5.26 Å². The second-order valence-corrected chi connectivity index (χ2v) is 8.35. The second kappa shape index (κ2) is 8.94. The van der Waals surface area contributed by atoms with Crippen molar-refractivity contribution in [2.24, 2.45) is 0 Å². The molecule has 0 bridgehead atoms. The van der Waals surface area contributed by atoms with E-state index in [1.165, 1.54) is 29.7 Å². The van der Waals surface area contributed by atoms with Gasteiger partial charge >= 0.3 is 6.03 Å². The molecule has 1 aliphatic carbocycles. The SMILES string of the molecule is C#Cc1nc(NC(=O)N[C@@H](CO)c2ccc(-c3c(F)cc(F)cc3C3(C#N)CC3)cn2)cs1. The van der Waals surface area contributed by atoms with E-state index in [0.717, 1.165) is 6.07 Å². The zero-order chi connectivity index (χ0) is 23.6. The molecule has 3 aromatic rings. The molecule has 4 rings (SSSR count). The van der Waals surface area contributed by atoms with E-state index in [0.29, 0.717) is 34.7 Å². The molecule has 2 heterocycles. The number of hydrogen-bond donors (Lipinski definition) is 3. The molecule has 1 saturated carbocycles. The van der Waals surface area contributed by atoms with Gasteiger partial charge in [0.05, 0.1) is 29.8 Å². The van der Waals surface area contributed by atoms with Crippen LogP contribution in [0.1, 0.15) is 35.1 Å². The minimum Gasteiger partial charge on any atom is -0.394 e. The third-order valence-corrected chi connectivity index (χ3v) is 6.10. The van der Waals surface area contributed by atoms with E-state index in [9.17, 15) is 23.9 Å². The number of carbonyl (C=O) groups excluding carboxylic acids is 1. The van der Waals surface area contributed by atoms with Crippen molar-refractivity contribution in [3.8, 4) is 29.5 Å².